The minimum absolute atomic E-state index is 0.0287. The number of ether oxygens (including phenoxy) is 1. The lowest BCUT2D eigenvalue weighted by Gasteiger charge is -2.28. The smallest absolute Gasteiger partial charge is 0.306 e. The number of rotatable bonds is 6. The highest BCUT2D eigenvalue weighted by Gasteiger charge is 2.24. The second-order valence-corrected chi connectivity index (χ2v) is 6.69. The van der Waals surface area contributed by atoms with Gasteiger partial charge in [0.2, 0.25) is 0 Å². The van der Waals surface area contributed by atoms with Gasteiger partial charge in [0, 0.05) is 13.0 Å². The second-order valence-electron chi connectivity index (χ2n) is 6.69. The zero-order chi connectivity index (χ0) is 15.9. The van der Waals surface area contributed by atoms with E-state index in [4.69, 9.17) is 4.74 Å². The topological polar surface area (TPSA) is 29.5 Å². The zero-order valence-electron chi connectivity index (χ0n) is 14.2. The van der Waals surface area contributed by atoms with Gasteiger partial charge in [-0.1, -0.05) is 31.2 Å². The SMILES string of the molecule is CCCC(=O)O[C@H]1CC[C@H](c2ccc(CN(C)C)cc2)CC1. The first-order valence-corrected chi connectivity index (χ1v) is 8.51. The quantitative estimate of drug-likeness (QED) is 0.740. The zero-order valence-corrected chi connectivity index (χ0v) is 14.2. The molecule has 1 saturated carbocycles. The molecule has 0 saturated heterocycles. The monoisotopic (exact) mass is 303 g/mol. The Kier molecular flexibility index (Phi) is 6.44. The van der Waals surface area contributed by atoms with Crippen molar-refractivity contribution in [2.75, 3.05) is 14.1 Å². The van der Waals surface area contributed by atoms with Crippen LogP contribution in [-0.2, 0) is 16.1 Å². The third-order valence-corrected chi connectivity index (χ3v) is 4.38. The Labute approximate surface area is 134 Å². The molecule has 3 nitrogen and oxygen atoms in total. The van der Waals surface area contributed by atoms with Crippen molar-refractivity contribution in [1.29, 1.82) is 0 Å². The molecule has 22 heavy (non-hydrogen) atoms. The fourth-order valence-electron chi connectivity index (χ4n) is 3.22. The Balaban J connectivity index is 1.82. The number of esters is 1. The van der Waals surface area contributed by atoms with Crippen LogP contribution >= 0.6 is 0 Å². The number of hydrogen-bond donors (Lipinski definition) is 0. The van der Waals surface area contributed by atoms with E-state index in [0.29, 0.717) is 12.3 Å². The van der Waals surface area contributed by atoms with Gasteiger partial charge in [-0.3, -0.25) is 4.79 Å². The van der Waals surface area contributed by atoms with Crippen LogP contribution in [0.25, 0.3) is 0 Å². The molecule has 0 bridgehead atoms. The maximum Gasteiger partial charge on any atom is 0.306 e. The minimum Gasteiger partial charge on any atom is -0.462 e. The predicted octanol–water partition coefficient (Wildman–Crippen LogP) is 4.12. The fourth-order valence-corrected chi connectivity index (χ4v) is 3.22. The van der Waals surface area contributed by atoms with Gasteiger partial charge in [0.15, 0.2) is 0 Å². The fraction of sp³-hybridized carbons (Fsp3) is 0.632. The lowest BCUT2D eigenvalue weighted by Crippen LogP contribution is -2.23. The Bertz CT molecular complexity index is 459. The first-order chi connectivity index (χ1) is 10.6. The summed E-state index contributed by atoms with van der Waals surface area (Å²) >= 11 is 0. The lowest BCUT2D eigenvalue weighted by molar-refractivity contribution is -0.150. The van der Waals surface area contributed by atoms with E-state index in [1.807, 2.05) is 6.92 Å². The molecular formula is C19H29NO2. The van der Waals surface area contributed by atoms with Crippen LogP contribution in [0.1, 0.15) is 62.5 Å². The van der Waals surface area contributed by atoms with E-state index in [2.05, 4.69) is 43.3 Å². The standard InChI is InChI=1S/C19H29NO2/c1-4-5-19(21)22-18-12-10-17(11-13-18)16-8-6-15(7-9-16)14-20(2)3/h6-9,17-18H,4-5,10-14H2,1-3H3/t17-,18-. The summed E-state index contributed by atoms with van der Waals surface area (Å²) in [4.78, 5) is 13.7. The first-order valence-electron chi connectivity index (χ1n) is 8.51. The van der Waals surface area contributed by atoms with Crippen molar-refractivity contribution in [2.24, 2.45) is 0 Å². The van der Waals surface area contributed by atoms with E-state index < -0.39 is 0 Å². The van der Waals surface area contributed by atoms with Gasteiger partial charge in [0.05, 0.1) is 0 Å². The van der Waals surface area contributed by atoms with Crippen molar-refractivity contribution in [3.8, 4) is 0 Å². The summed E-state index contributed by atoms with van der Waals surface area (Å²) in [7, 11) is 4.18. The number of carbonyl (C=O) groups excluding carboxylic acids is 1. The second kappa shape index (κ2) is 8.33. The highest BCUT2D eigenvalue weighted by atomic mass is 16.5. The maximum absolute atomic E-state index is 11.6. The van der Waals surface area contributed by atoms with Crippen molar-refractivity contribution in [2.45, 2.75) is 64.0 Å². The molecule has 0 N–H and O–H groups in total. The molecular weight excluding hydrogens is 274 g/mol. The van der Waals surface area contributed by atoms with Gasteiger partial charge in [-0.15, -0.1) is 0 Å². The normalized spacial score (nSPS) is 21.8. The van der Waals surface area contributed by atoms with E-state index >= 15 is 0 Å². The summed E-state index contributed by atoms with van der Waals surface area (Å²) in [6.07, 6.45) is 5.80. The van der Waals surface area contributed by atoms with Crippen molar-refractivity contribution in [3.05, 3.63) is 35.4 Å². The first kappa shape index (κ1) is 17.0. The molecule has 0 amide bonds. The van der Waals surface area contributed by atoms with Crippen molar-refractivity contribution >= 4 is 5.97 Å². The van der Waals surface area contributed by atoms with E-state index in [-0.39, 0.29) is 12.1 Å². The Morgan fingerprint density at radius 2 is 1.77 bits per heavy atom. The highest BCUT2D eigenvalue weighted by molar-refractivity contribution is 5.69. The molecule has 0 atom stereocenters. The van der Waals surface area contributed by atoms with E-state index in [0.717, 1.165) is 38.6 Å². The van der Waals surface area contributed by atoms with Crippen LogP contribution in [0.5, 0.6) is 0 Å². The molecule has 122 valence electrons. The average Bonchev–Trinajstić information content (AvgIpc) is 2.48. The summed E-state index contributed by atoms with van der Waals surface area (Å²) < 4.78 is 5.53. The summed E-state index contributed by atoms with van der Waals surface area (Å²) in [5, 5.41) is 0. The molecule has 0 unspecified atom stereocenters. The van der Waals surface area contributed by atoms with Gasteiger partial charge in [-0.2, -0.15) is 0 Å². The van der Waals surface area contributed by atoms with Gasteiger partial charge in [0.25, 0.3) is 0 Å². The van der Waals surface area contributed by atoms with Crippen LogP contribution < -0.4 is 0 Å². The van der Waals surface area contributed by atoms with Crippen LogP contribution in [0.2, 0.25) is 0 Å². The van der Waals surface area contributed by atoms with Gasteiger partial charge >= 0.3 is 5.97 Å². The molecule has 1 aliphatic carbocycles. The van der Waals surface area contributed by atoms with Crippen molar-refractivity contribution in [3.63, 3.8) is 0 Å². The van der Waals surface area contributed by atoms with E-state index in [9.17, 15) is 4.79 Å². The summed E-state index contributed by atoms with van der Waals surface area (Å²) in [5.41, 5.74) is 2.79. The van der Waals surface area contributed by atoms with Crippen LogP contribution in [-0.4, -0.2) is 31.1 Å². The van der Waals surface area contributed by atoms with Gasteiger partial charge in [-0.05, 0) is 63.2 Å². The molecule has 1 aromatic carbocycles. The molecule has 0 aromatic heterocycles. The van der Waals surface area contributed by atoms with Crippen LogP contribution in [0, 0.1) is 0 Å². The Morgan fingerprint density at radius 1 is 1.14 bits per heavy atom. The van der Waals surface area contributed by atoms with Gasteiger partial charge in [-0.25, -0.2) is 0 Å². The number of hydrogen-bond acceptors (Lipinski definition) is 3. The summed E-state index contributed by atoms with van der Waals surface area (Å²) in [6.45, 7) is 3.00. The molecule has 1 aromatic rings. The molecule has 0 spiro atoms. The predicted molar refractivity (Wildman–Crippen MR) is 89.8 cm³/mol. The van der Waals surface area contributed by atoms with E-state index in [1.165, 1.54) is 11.1 Å². The maximum atomic E-state index is 11.6. The number of nitrogens with zero attached hydrogens (tertiary/aromatic N) is 1. The Morgan fingerprint density at radius 3 is 2.32 bits per heavy atom. The van der Waals surface area contributed by atoms with Crippen LogP contribution in [0.15, 0.2) is 24.3 Å². The minimum atomic E-state index is -0.0287. The van der Waals surface area contributed by atoms with Crippen molar-refractivity contribution in [1.82, 2.24) is 4.90 Å². The Hall–Kier alpha value is -1.35. The third kappa shape index (κ3) is 5.13. The molecule has 3 heteroatoms. The van der Waals surface area contributed by atoms with Gasteiger partial charge < -0.3 is 9.64 Å². The largest absolute Gasteiger partial charge is 0.462 e. The summed E-state index contributed by atoms with van der Waals surface area (Å²) in [6, 6.07) is 9.02. The average molecular weight is 303 g/mol. The van der Waals surface area contributed by atoms with Crippen molar-refractivity contribution < 1.29 is 9.53 Å². The van der Waals surface area contributed by atoms with E-state index in [1.54, 1.807) is 0 Å². The number of carbonyl (C=O) groups is 1. The lowest BCUT2D eigenvalue weighted by atomic mass is 9.82. The molecule has 0 radical (unpaired) electrons. The van der Waals surface area contributed by atoms with Gasteiger partial charge in [0.1, 0.15) is 6.10 Å². The molecule has 0 heterocycles. The highest BCUT2D eigenvalue weighted by Crippen LogP contribution is 2.34. The molecule has 1 fully saturated rings. The molecule has 1 aliphatic rings. The molecule has 2 rings (SSSR count). The number of benzene rings is 1. The third-order valence-electron chi connectivity index (χ3n) is 4.38. The van der Waals surface area contributed by atoms with Crippen LogP contribution in [0.3, 0.4) is 0 Å². The summed E-state index contributed by atoms with van der Waals surface area (Å²) in [5.74, 6) is 0.591. The molecule has 0 aliphatic heterocycles. The van der Waals surface area contributed by atoms with Crippen LogP contribution in [0.4, 0.5) is 0 Å².